The number of nitrogens with one attached hydrogen (secondary N) is 2. The number of allylic oxidation sites excluding steroid dienone is 3. The molecule has 1 aromatic heterocycles. The first-order valence-electron chi connectivity index (χ1n) is 8.54. The lowest BCUT2D eigenvalue weighted by atomic mass is 9.67. The fourth-order valence-electron chi connectivity index (χ4n) is 3.97. The van der Waals surface area contributed by atoms with Crippen LogP contribution in [0.2, 0.25) is 0 Å². The molecule has 0 saturated heterocycles. The maximum Gasteiger partial charge on any atom is 0.336 e. The Morgan fingerprint density at radius 2 is 2.00 bits per heavy atom. The molecule has 0 radical (unpaired) electrons. The number of hydrogen-bond donors (Lipinski definition) is 1. The number of ketones is 1. The summed E-state index contributed by atoms with van der Waals surface area (Å²) in [5, 5.41) is 3.29. The van der Waals surface area contributed by atoms with Crippen LogP contribution in [0.5, 0.6) is 0 Å². The van der Waals surface area contributed by atoms with Crippen molar-refractivity contribution in [3.05, 3.63) is 52.6 Å². The van der Waals surface area contributed by atoms with Gasteiger partial charge in [-0.05, 0) is 18.4 Å². The van der Waals surface area contributed by atoms with Crippen molar-refractivity contribution in [3.8, 4) is 0 Å². The molecule has 5 heteroatoms. The Morgan fingerprint density at radius 1 is 1.28 bits per heavy atom. The molecule has 2 aliphatic rings. The van der Waals surface area contributed by atoms with E-state index < -0.39 is 11.9 Å². The van der Waals surface area contributed by atoms with Crippen LogP contribution in [0.4, 0.5) is 0 Å². The molecule has 0 bridgehead atoms. The first-order chi connectivity index (χ1) is 11.7. The number of pyridine rings is 1. The second-order valence-electron chi connectivity index (χ2n) is 7.63. The molecule has 2 unspecified atom stereocenters. The first kappa shape index (κ1) is 17.4. The van der Waals surface area contributed by atoms with Gasteiger partial charge in [-0.25, -0.2) is 9.78 Å². The minimum absolute atomic E-state index is 0.142. The minimum atomic E-state index is -0.401. The molecule has 2 N–H and O–H groups in total. The molecular formula is C20H25N2O3+. The summed E-state index contributed by atoms with van der Waals surface area (Å²) in [6.07, 6.45) is 2.58. The maximum atomic E-state index is 13.0. The summed E-state index contributed by atoms with van der Waals surface area (Å²) in [6, 6.07) is 5.83. The number of methoxy groups -OCH3 is 1. The van der Waals surface area contributed by atoms with Crippen LogP contribution in [0.25, 0.3) is 0 Å². The van der Waals surface area contributed by atoms with E-state index in [1.807, 2.05) is 32.0 Å². The highest BCUT2D eigenvalue weighted by molar-refractivity contribution is 5.96. The number of aromatic nitrogens is 1. The first-order valence-corrected chi connectivity index (χ1v) is 8.54. The molecule has 3 rings (SSSR count). The molecule has 2 heterocycles. The molecule has 25 heavy (non-hydrogen) atoms. The van der Waals surface area contributed by atoms with E-state index in [0.717, 1.165) is 22.8 Å². The SMILES string of the molecule is COC(=O)C1=C(C)NC2=CC(C)(C)CC(=O)C2C1c1cccc(C)[nH+]1. The third-order valence-electron chi connectivity index (χ3n) is 4.94. The van der Waals surface area contributed by atoms with Gasteiger partial charge in [-0.1, -0.05) is 19.9 Å². The number of carbonyl (C=O) groups is 2. The summed E-state index contributed by atoms with van der Waals surface area (Å²) in [5.74, 6) is -1.03. The van der Waals surface area contributed by atoms with Gasteiger partial charge in [-0.2, -0.15) is 0 Å². The smallest absolute Gasteiger partial charge is 0.336 e. The van der Waals surface area contributed by atoms with Gasteiger partial charge in [0.2, 0.25) is 0 Å². The van der Waals surface area contributed by atoms with Crippen molar-refractivity contribution < 1.29 is 19.3 Å². The predicted octanol–water partition coefficient (Wildman–Crippen LogP) is 2.44. The van der Waals surface area contributed by atoms with Gasteiger partial charge < -0.3 is 10.1 Å². The number of rotatable bonds is 2. The molecule has 0 amide bonds. The molecule has 2 atom stereocenters. The van der Waals surface area contributed by atoms with E-state index in [1.54, 1.807) is 0 Å². The average Bonchev–Trinajstić information content (AvgIpc) is 2.51. The van der Waals surface area contributed by atoms with Crippen LogP contribution in [0.15, 0.2) is 41.2 Å². The Kier molecular flexibility index (Phi) is 4.27. The van der Waals surface area contributed by atoms with Crippen LogP contribution in [0.1, 0.15) is 44.5 Å². The van der Waals surface area contributed by atoms with E-state index in [2.05, 4.69) is 30.2 Å². The van der Waals surface area contributed by atoms with Gasteiger partial charge in [0.05, 0.1) is 24.5 Å². The minimum Gasteiger partial charge on any atom is -0.466 e. The highest BCUT2D eigenvalue weighted by Gasteiger charge is 2.48. The number of aromatic amines is 1. The summed E-state index contributed by atoms with van der Waals surface area (Å²) in [5.41, 5.74) is 3.77. The Balaban J connectivity index is 2.22. The van der Waals surface area contributed by atoms with Crippen LogP contribution in [-0.4, -0.2) is 18.9 Å². The van der Waals surface area contributed by atoms with Gasteiger partial charge in [-0.3, -0.25) is 4.79 Å². The molecule has 0 aromatic carbocycles. The van der Waals surface area contributed by atoms with Gasteiger partial charge in [-0.15, -0.1) is 0 Å². The van der Waals surface area contributed by atoms with Crippen LogP contribution in [-0.2, 0) is 14.3 Å². The van der Waals surface area contributed by atoms with Crippen LogP contribution in [0, 0.1) is 18.3 Å². The van der Waals surface area contributed by atoms with Gasteiger partial charge in [0, 0.05) is 36.9 Å². The Bertz CT molecular complexity index is 805. The lowest BCUT2D eigenvalue weighted by molar-refractivity contribution is -0.402. The number of aryl methyl sites for hydroxylation is 1. The normalized spacial score (nSPS) is 25.0. The number of ether oxygens (including phenoxy) is 1. The van der Waals surface area contributed by atoms with Crippen LogP contribution >= 0.6 is 0 Å². The predicted molar refractivity (Wildman–Crippen MR) is 93.3 cm³/mol. The molecular weight excluding hydrogens is 316 g/mol. The number of H-pyrrole nitrogens is 1. The molecule has 0 fully saturated rings. The van der Waals surface area contributed by atoms with Gasteiger partial charge in [0.1, 0.15) is 5.78 Å². The van der Waals surface area contributed by atoms with Crippen LogP contribution < -0.4 is 10.3 Å². The van der Waals surface area contributed by atoms with Crippen molar-refractivity contribution in [2.45, 2.75) is 40.0 Å². The molecule has 1 aliphatic heterocycles. The van der Waals surface area contributed by atoms with Gasteiger partial charge in [0.25, 0.3) is 0 Å². The standard InChI is InChI=1S/C20H24N2O3/c1-11-7-6-8-13(21-11)18-16(19(24)25-5)12(2)22-14-9-20(3,4)10-15(23)17(14)18/h6-9,17-18,22H,10H2,1-5H3/p+1. The topological polar surface area (TPSA) is 69.5 Å². The molecule has 0 spiro atoms. The summed E-state index contributed by atoms with van der Waals surface area (Å²) in [7, 11) is 1.37. The van der Waals surface area contributed by atoms with Crippen molar-refractivity contribution in [1.82, 2.24) is 5.32 Å². The van der Waals surface area contributed by atoms with E-state index in [0.29, 0.717) is 12.0 Å². The van der Waals surface area contributed by atoms with Crippen molar-refractivity contribution in [1.29, 1.82) is 0 Å². The Morgan fingerprint density at radius 3 is 2.64 bits per heavy atom. The second-order valence-corrected chi connectivity index (χ2v) is 7.63. The maximum absolute atomic E-state index is 13.0. The third-order valence-corrected chi connectivity index (χ3v) is 4.94. The van der Waals surface area contributed by atoms with E-state index in [9.17, 15) is 9.59 Å². The highest BCUT2D eigenvalue weighted by Crippen LogP contribution is 2.45. The summed E-state index contributed by atoms with van der Waals surface area (Å²) in [4.78, 5) is 28.8. The van der Waals surface area contributed by atoms with Crippen LogP contribution in [0.3, 0.4) is 0 Å². The summed E-state index contributed by atoms with van der Waals surface area (Å²) in [6.45, 7) is 7.93. The lowest BCUT2D eigenvalue weighted by Crippen LogP contribution is -2.45. The molecule has 132 valence electrons. The van der Waals surface area contributed by atoms with E-state index in [-0.39, 0.29) is 17.1 Å². The van der Waals surface area contributed by atoms with Gasteiger partial charge >= 0.3 is 5.97 Å². The highest BCUT2D eigenvalue weighted by atomic mass is 16.5. The van der Waals surface area contributed by atoms with Gasteiger partial charge in [0.15, 0.2) is 11.4 Å². The number of carbonyl (C=O) groups excluding carboxylic acids is 2. The molecule has 1 aliphatic carbocycles. The Labute approximate surface area is 148 Å². The van der Waals surface area contributed by atoms with E-state index >= 15 is 0 Å². The largest absolute Gasteiger partial charge is 0.466 e. The monoisotopic (exact) mass is 341 g/mol. The Hall–Kier alpha value is -2.43. The number of esters is 1. The molecule has 1 aromatic rings. The number of hydrogen-bond acceptors (Lipinski definition) is 4. The average molecular weight is 341 g/mol. The zero-order valence-corrected chi connectivity index (χ0v) is 15.4. The van der Waals surface area contributed by atoms with Crippen molar-refractivity contribution >= 4 is 11.8 Å². The van der Waals surface area contributed by atoms with E-state index in [4.69, 9.17) is 4.74 Å². The zero-order valence-electron chi connectivity index (χ0n) is 15.4. The third kappa shape index (κ3) is 3.11. The van der Waals surface area contributed by atoms with Crippen molar-refractivity contribution in [2.24, 2.45) is 11.3 Å². The summed E-state index contributed by atoms with van der Waals surface area (Å²) >= 11 is 0. The number of fused-ring (bicyclic) bond motifs is 1. The fraction of sp³-hybridized carbons (Fsp3) is 0.450. The van der Waals surface area contributed by atoms with E-state index in [1.165, 1.54) is 7.11 Å². The lowest BCUT2D eigenvalue weighted by Gasteiger charge is -2.39. The number of Topliss-reactive ketones (excluding diaryl/α,β-unsaturated/α-hetero) is 1. The second kappa shape index (κ2) is 6.14. The fourth-order valence-corrected chi connectivity index (χ4v) is 3.97. The van der Waals surface area contributed by atoms with Crippen molar-refractivity contribution in [3.63, 3.8) is 0 Å². The summed E-state index contributed by atoms with van der Waals surface area (Å²) < 4.78 is 5.02. The van der Waals surface area contributed by atoms with Crippen molar-refractivity contribution in [2.75, 3.05) is 7.11 Å². The zero-order chi connectivity index (χ0) is 18.4. The quantitative estimate of drug-likeness (QED) is 0.839. The molecule has 0 saturated carbocycles. The molecule has 5 nitrogen and oxygen atoms in total.